The third kappa shape index (κ3) is 6.08. The minimum absolute atomic E-state index is 0.134. The summed E-state index contributed by atoms with van der Waals surface area (Å²) in [5.74, 6) is 1.45. The van der Waals surface area contributed by atoms with E-state index in [1.54, 1.807) is 0 Å². The van der Waals surface area contributed by atoms with Crippen LogP contribution < -0.4 is 10.1 Å². The van der Waals surface area contributed by atoms with Gasteiger partial charge >= 0.3 is 0 Å². The Morgan fingerprint density at radius 2 is 1.73 bits per heavy atom. The Kier molecular flexibility index (Phi) is 7.96. The molecule has 2 heterocycles. The number of rotatable bonds is 9. The summed E-state index contributed by atoms with van der Waals surface area (Å²) < 4.78 is 11.9. The van der Waals surface area contributed by atoms with Crippen molar-refractivity contribution in [2.45, 2.75) is 25.5 Å². The van der Waals surface area contributed by atoms with Crippen molar-refractivity contribution in [1.82, 2.24) is 9.88 Å². The van der Waals surface area contributed by atoms with Crippen LogP contribution in [0.25, 0.3) is 11.5 Å². The third-order valence-electron chi connectivity index (χ3n) is 6.48. The molecule has 0 aliphatic carbocycles. The number of likely N-dealkylation sites (tertiary alicyclic amines) is 1. The Labute approximate surface area is 226 Å². The first kappa shape index (κ1) is 25.2. The summed E-state index contributed by atoms with van der Waals surface area (Å²) in [6.07, 6.45) is 2.36. The molecule has 0 radical (unpaired) electrons. The minimum Gasteiger partial charge on any atom is -0.489 e. The van der Waals surface area contributed by atoms with E-state index in [1.807, 2.05) is 60.7 Å². The van der Waals surface area contributed by atoms with E-state index in [-0.39, 0.29) is 11.7 Å². The van der Waals surface area contributed by atoms with Gasteiger partial charge in [-0.1, -0.05) is 53.5 Å². The lowest BCUT2D eigenvalue weighted by atomic mass is 10.1. The molecule has 1 unspecified atom stereocenters. The molecule has 1 N–H and O–H groups in total. The van der Waals surface area contributed by atoms with Gasteiger partial charge in [0, 0.05) is 27.7 Å². The maximum atomic E-state index is 9.68. The highest BCUT2D eigenvalue weighted by Crippen LogP contribution is 2.30. The fourth-order valence-electron chi connectivity index (χ4n) is 4.49. The van der Waals surface area contributed by atoms with Crippen LogP contribution >= 0.6 is 23.2 Å². The average Bonchev–Trinajstić information content (AvgIpc) is 3.60. The molecule has 6 nitrogen and oxygen atoms in total. The van der Waals surface area contributed by atoms with E-state index in [2.05, 4.69) is 33.4 Å². The molecular weight excluding hydrogens is 507 g/mol. The summed E-state index contributed by atoms with van der Waals surface area (Å²) in [4.78, 5) is 6.86. The third-order valence-corrected chi connectivity index (χ3v) is 7.10. The zero-order valence-electron chi connectivity index (χ0n) is 20.2. The standard InChI is InChI=1S/C29H26Cl2N4O2/c30-23-11-7-20(8-12-23)27(35-15-3-4-16-35)18-33-29-26(17-32)34-28(37-29)21-9-13-24(14-10-21)36-19-22-5-1-2-6-25(22)31/h1-2,5-14,27,33H,3-4,15-16,18-19H2. The molecule has 1 aliphatic heterocycles. The first-order valence-electron chi connectivity index (χ1n) is 12.2. The summed E-state index contributed by atoms with van der Waals surface area (Å²) in [6.45, 7) is 3.02. The van der Waals surface area contributed by atoms with E-state index < -0.39 is 0 Å². The van der Waals surface area contributed by atoms with Crippen molar-refractivity contribution in [1.29, 1.82) is 5.26 Å². The van der Waals surface area contributed by atoms with Crippen LogP contribution in [0.4, 0.5) is 5.88 Å². The van der Waals surface area contributed by atoms with E-state index in [1.165, 1.54) is 18.4 Å². The molecule has 1 fully saturated rings. The van der Waals surface area contributed by atoms with Crippen molar-refractivity contribution in [3.05, 3.63) is 99.7 Å². The van der Waals surface area contributed by atoms with Crippen molar-refractivity contribution in [3.63, 3.8) is 0 Å². The van der Waals surface area contributed by atoms with Gasteiger partial charge in [0.05, 0.1) is 6.04 Å². The van der Waals surface area contributed by atoms with Gasteiger partial charge < -0.3 is 14.5 Å². The van der Waals surface area contributed by atoms with Gasteiger partial charge in [0.2, 0.25) is 17.5 Å². The van der Waals surface area contributed by atoms with Crippen LogP contribution in [0, 0.1) is 11.3 Å². The molecule has 1 aromatic heterocycles. The van der Waals surface area contributed by atoms with Gasteiger partial charge in [-0.2, -0.15) is 10.2 Å². The predicted octanol–water partition coefficient (Wildman–Crippen LogP) is 7.35. The van der Waals surface area contributed by atoms with Gasteiger partial charge in [-0.15, -0.1) is 0 Å². The smallest absolute Gasteiger partial charge is 0.232 e. The van der Waals surface area contributed by atoms with Gasteiger partial charge in [0.15, 0.2) is 0 Å². The second-order valence-corrected chi connectivity index (χ2v) is 9.75. The second kappa shape index (κ2) is 11.7. The van der Waals surface area contributed by atoms with E-state index in [9.17, 15) is 5.26 Å². The summed E-state index contributed by atoms with van der Waals surface area (Å²) in [5.41, 5.74) is 3.07. The summed E-state index contributed by atoms with van der Waals surface area (Å²) in [7, 11) is 0. The van der Waals surface area contributed by atoms with E-state index in [0.29, 0.717) is 40.7 Å². The lowest BCUT2D eigenvalue weighted by Gasteiger charge is -2.28. The molecular formula is C29H26Cl2N4O2. The van der Waals surface area contributed by atoms with Gasteiger partial charge in [-0.05, 0) is 74.0 Å². The van der Waals surface area contributed by atoms with Crippen molar-refractivity contribution in [3.8, 4) is 23.3 Å². The average molecular weight is 533 g/mol. The number of nitrogens with one attached hydrogen (secondary N) is 1. The molecule has 37 heavy (non-hydrogen) atoms. The van der Waals surface area contributed by atoms with Crippen molar-refractivity contribution in [2.24, 2.45) is 0 Å². The number of anilines is 1. The van der Waals surface area contributed by atoms with Crippen LogP contribution in [0.1, 0.15) is 35.7 Å². The molecule has 5 rings (SSSR count). The number of halogens is 2. The molecule has 3 aromatic carbocycles. The maximum absolute atomic E-state index is 9.68. The Morgan fingerprint density at radius 1 is 1.00 bits per heavy atom. The topological polar surface area (TPSA) is 74.3 Å². The normalized spacial score (nSPS) is 14.3. The van der Waals surface area contributed by atoms with Crippen molar-refractivity contribution in [2.75, 3.05) is 25.0 Å². The van der Waals surface area contributed by atoms with Crippen LogP contribution in [0.5, 0.6) is 5.75 Å². The van der Waals surface area contributed by atoms with Gasteiger partial charge in [-0.25, -0.2) is 0 Å². The number of hydrogen-bond donors (Lipinski definition) is 1. The zero-order chi connectivity index (χ0) is 25.6. The maximum Gasteiger partial charge on any atom is 0.232 e. The Hall–Kier alpha value is -3.50. The van der Waals surface area contributed by atoms with E-state index in [0.717, 1.165) is 24.2 Å². The van der Waals surface area contributed by atoms with Crippen molar-refractivity contribution >= 4 is 29.1 Å². The summed E-state index contributed by atoms with van der Waals surface area (Å²) >= 11 is 12.3. The number of ether oxygens (including phenoxy) is 1. The first-order chi connectivity index (χ1) is 18.1. The highest BCUT2D eigenvalue weighted by atomic mass is 35.5. The zero-order valence-corrected chi connectivity index (χ0v) is 21.7. The number of hydrogen-bond acceptors (Lipinski definition) is 6. The summed E-state index contributed by atoms with van der Waals surface area (Å²) in [5, 5.41) is 14.4. The molecule has 0 saturated carbocycles. The molecule has 1 saturated heterocycles. The fourth-order valence-corrected chi connectivity index (χ4v) is 4.81. The number of nitrogens with zero attached hydrogens (tertiary/aromatic N) is 3. The fraction of sp³-hybridized carbons (Fsp3) is 0.241. The molecule has 1 atom stereocenters. The number of benzene rings is 3. The van der Waals surface area contributed by atoms with Crippen LogP contribution in [-0.4, -0.2) is 29.5 Å². The number of aromatic nitrogens is 1. The molecule has 1 aliphatic rings. The summed E-state index contributed by atoms with van der Waals surface area (Å²) in [6, 6.07) is 25.2. The molecule has 4 aromatic rings. The largest absolute Gasteiger partial charge is 0.489 e. The lowest BCUT2D eigenvalue weighted by Crippen LogP contribution is -2.31. The lowest BCUT2D eigenvalue weighted by molar-refractivity contribution is 0.255. The Balaban J connectivity index is 1.28. The van der Waals surface area contributed by atoms with Gasteiger partial charge in [0.1, 0.15) is 18.4 Å². The van der Waals surface area contributed by atoms with E-state index in [4.69, 9.17) is 32.4 Å². The molecule has 0 bridgehead atoms. The molecule has 8 heteroatoms. The van der Waals surface area contributed by atoms with Gasteiger partial charge in [0.25, 0.3) is 0 Å². The minimum atomic E-state index is 0.134. The van der Waals surface area contributed by atoms with Gasteiger partial charge in [-0.3, -0.25) is 4.90 Å². The number of nitriles is 1. The highest BCUT2D eigenvalue weighted by Gasteiger charge is 2.25. The molecule has 0 amide bonds. The Bertz CT molecular complexity index is 1370. The van der Waals surface area contributed by atoms with E-state index >= 15 is 0 Å². The molecule has 188 valence electrons. The SMILES string of the molecule is N#Cc1nc(-c2ccc(OCc3ccccc3Cl)cc2)oc1NCC(c1ccc(Cl)cc1)N1CCCC1. The van der Waals surface area contributed by atoms with Crippen LogP contribution in [0.15, 0.2) is 77.2 Å². The first-order valence-corrected chi connectivity index (χ1v) is 13.0. The van der Waals surface area contributed by atoms with Crippen LogP contribution in [0.2, 0.25) is 10.0 Å². The Morgan fingerprint density at radius 3 is 2.43 bits per heavy atom. The quantitative estimate of drug-likeness (QED) is 0.243. The van der Waals surface area contributed by atoms with Crippen LogP contribution in [-0.2, 0) is 6.61 Å². The molecule has 0 spiro atoms. The monoisotopic (exact) mass is 532 g/mol. The predicted molar refractivity (Wildman–Crippen MR) is 146 cm³/mol. The second-order valence-electron chi connectivity index (χ2n) is 8.90. The van der Waals surface area contributed by atoms with Crippen LogP contribution in [0.3, 0.4) is 0 Å². The number of oxazole rings is 1. The van der Waals surface area contributed by atoms with Crippen molar-refractivity contribution < 1.29 is 9.15 Å². The highest BCUT2D eigenvalue weighted by molar-refractivity contribution is 6.31.